The molecular weight excluding hydrogens is 183 g/mol. The van der Waals surface area contributed by atoms with E-state index < -0.39 is 6.69 Å². The Bertz CT molecular complexity index is 137. The third kappa shape index (κ3) is 2.29. The molecule has 0 saturated carbocycles. The molecule has 1 atom stereocenters. The summed E-state index contributed by atoms with van der Waals surface area (Å²) in [6.45, 7) is 0.151. The Balaban J connectivity index is 2.49. The molecular formula is C7H12Cl2Si. The minimum atomic E-state index is -1.86. The van der Waals surface area contributed by atoms with E-state index in [9.17, 15) is 0 Å². The lowest BCUT2D eigenvalue weighted by atomic mass is 10.1. The number of hydrogen-bond donors (Lipinski definition) is 0. The highest BCUT2D eigenvalue weighted by Gasteiger charge is 2.32. The molecule has 58 valence electrons. The number of allylic oxidation sites excluding steroid dienone is 2. The molecule has 1 aliphatic rings. The van der Waals surface area contributed by atoms with Crippen molar-refractivity contribution in [2.75, 3.05) is 0 Å². The van der Waals surface area contributed by atoms with Gasteiger partial charge in [0.1, 0.15) is 0 Å². The van der Waals surface area contributed by atoms with Gasteiger partial charge in [-0.05, 0) is 31.4 Å². The lowest BCUT2D eigenvalue weighted by Gasteiger charge is -2.24. The van der Waals surface area contributed by atoms with Crippen LogP contribution in [0, 0.1) is 0 Å². The van der Waals surface area contributed by atoms with Gasteiger partial charge in [-0.15, -0.1) is 22.2 Å². The second kappa shape index (κ2) is 3.29. The van der Waals surface area contributed by atoms with Crippen molar-refractivity contribution in [3.05, 3.63) is 12.2 Å². The quantitative estimate of drug-likeness (QED) is 0.340. The van der Waals surface area contributed by atoms with Gasteiger partial charge < -0.3 is 0 Å². The first-order valence-corrected chi connectivity index (χ1v) is 8.23. The zero-order valence-corrected chi connectivity index (χ0v) is 8.62. The molecule has 0 heterocycles. The van der Waals surface area contributed by atoms with E-state index in [0.717, 1.165) is 12.8 Å². The van der Waals surface area contributed by atoms with Crippen LogP contribution >= 0.6 is 22.2 Å². The minimum Gasteiger partial charge on any atom is -0.146 e. The standard InChI is InChI=1S/C7H12Cl2Si/c1-10(8,9)7-5-3-2-4-6-7/h2-3,7H,4-6H2,1H3. The van der Waals surface area contributed by atoms with Crippen molar-refractivity contribution in [3.63, 3.8) is 0 Å². The number of halogens is 2. The molecule has 0 aromatic rings. The lowest BCUT2D eigenvalue weighted by Crippen LogP contribution is -2.23. The molecule has 0 bridgehead atoms. The Morgan fingerprint density at radius 1 is 1.40 bits per heavy atom. The highest BCUT2D eigenvalue weighted by Crippen LogP contribution is 2.38. The monoisotopic (exact) mass is 194 g/mol. The van der Waals surface area contributed by atoms with Crippen molar-refractivity contribution >= 4 is 28.9 Å². The molecule has 0 aromatic heterocycles. The van der Waals surface area contributed by atoms with E-state index in [4.69, 9.17) is 22.2 Å². The van der Waals surface area contributed by atoms with Gasteiger partial charge in [-0.1, -0.05) is 12.2 Å². The lowest BCUT2D eigenvalue weighted by molar-refractivity contribution is 0.715. The number of hydrogen-bond acceptors (Lipinski definition) is 0. The average Bonchev–Trinajstić information content (AvgIpc) is 1.88. The van der Waals surface area contributed by atoms with Crippen molar-refractivity contribution in [3.8, 4) is 0 Å². The van der Waals surface area contributed by atoms with Gasteiger partial charge >= 0.3 is 0 Å². The molecule has 1 aliphatic carbocycles. The normalized spacial score (nSPS) is 26.9. The highest BCUT2D eigenvalue weighted by molar-refractivity contribution is 7.45. The highest BCUT2D eigenvalue weighted by atomic mass is 35.7. The van der Waals surface area contributed by atoms with Crippen LogP contribution in [0.5, 0.6) is 0 Å². The van der Waals surface area contributed by atoms with Gasteiger partial charge in [0, 0.05) is 0 Å². The van der Waals surface area contributed by atoms with Crippen LogP contribution in [0.1, 0.15) is 19.3 Å². The molecule has 0 amide bonds. The van der Waals surface area contributed by atoms with Gasteiger partial charge in [0.05, 0.1) is 0 Å². The van der Waals surface area contributed by atoms with Crippen LogP contribution in [0.3, 0.4) is 0 Å². The molecule has 0 spiro atoms. The third-order valence-electron chi connectivity index (χ3n) is 1.99. The van der Waals surface area contributed by atoms with Gasteiger partial charge in [-0.2, -0.15) is 0 Å². The zero-order valence-electron chi connectivity index (χ0n) is 6.11. The smallest absolute Gasteiger partial charge is 0.146 e. The zero-order chi connectivity index (χ0) is 7.61. The van der Waals surface area contributed by atoms with Crippen molar-refractivity contribution in [2.45, 2.75) is 31.4 Å². The summed E-state index contributed by atoms with van der Waals surface area (Å²) in [7, 11) is 0. The molecule has 0 radical (unpaired) electrons. The SMILES string of the molecule is C[Si](Cl)(Cl)C1CC=CCC1. The molecule has 3 heteroatoms. The van der Waals surface area contributed by atoms with Crippen LogP contribution < -0.4 is 0 Å². The predicted molar refractivity (Wildman–Crippen MR) is 50.1 cm³/mol. The summed E-state index contributed by atoms with van der Waals surface area (Å²) >= 11 is 12.2. The summed E-state index contributed by atoms with van der Waals surface area (Å²) in [5, 5.41) is 0. The average molecular weight is 195 g/mol. The second-order valence-electron chi connectivity index (χ2n) is 2.94. The fraction of sp³-hybridized carbons (Fsp3) is 0.714. The minimum absolute atomic E-state index is 0.584. The molecule has 0 saturated heterocycles. The van der Waals surface area contributed by atoms with E-state index in [-0.39, 0.29) is 0 Å². The molecule has 0 aliphatic heterocycles. The maximum atomic E-state index is 6.08. The summed E-state index contributed by atoms with van der Waals surface area (Å²) in [4.78, 5) is 0. The topological polar surface area (TPSA) is 0 Å². The maximum Gasteiger partial charge on any atom is 0.251 e. The third-order valence-corrected chi connectivity index (χ3v) is 5.80. The van der Waals surface area contributed by atoms with Crippen LogP contribution in [-0.2, 0) is 0 Å². The van der Waals surface area contributed by atoms with Crippen LogP contribution in [0.25, 0.3) is 0 Å². The maximum absolute atomic E-state index is 6.08. The first-order valence-electron chi connectivity index (χ1n) is 3.63. The van der Waals surface area contributed by atoms with Crippen LogP contribution in [-0.4, -0.2) is 6.69 Å². The van der Waals surface area contributed by atoms with E-state index in [0.29, 0.717) is 5.54 Å². The first-order chi connectivity index (χ1) is 4.61. The Kier molecular flexibility index (Phi) is 2.84. The molecule has 1 unspecified atom stereocenters. The predicted octanol–water partition coefficient (Wildman–Crippen LogP) is 3.65. The van der Waals surface area contributed by atoms with Gasteiger partial charge in [0.2, 0.25) is 0 Å². The van der Waals surface area contributed by atoms with Gasteiger partial charge in [-0.3, -0.25) is 0 Å². The summed E-state index contributed by atoms with van der Waals surface area (Å²) in [5.41, 5.74) is 0.584. The van der Waals surface area contributed by atoms with Crippen LogP contribution in [0.2, 0.25) is 12.1 Å². The van der Waals surface area contributed by atoms with Crippen LogP contribution in [0.15, 0.2) is 12.2 Å². The van der Waals surface area contributed by atoms with E-state index in [1.165, 1.54) is 6.42 Å². The largest absolute Gasteiger partial charge is 0.251 e. The van der Waals surface area contributed by atoms with E-state index in [1.54, 1.807) is 0 Å². The fourth-order valence-corrected chi connectivity index (χ4v) is 3.67. The summed E-state index contributed by atoms with van der Waals surface area (Å²) in [6.07, 6.45) is 7.85. The van der Waals surface area contributed by atoms with E-state index >= 15 is 0 Å². The summed E-state index contributed by atoms with van der Waals surface area (Å²) < 4.78 is 0. The van der Waals surface area contributed by atoms with Crippen molar-refractivity contribution in [1.82, 2.24) is 0 Å². The summed E-state index contributed by atoms with van der Waals surface area (Å²) in [6, 6.07) is 0. The Hall–Kier alpha value is 0.537. The van der Waals surface area contributed by atoms with Gasteiger partial charge in [-0.25, -0.2) is 0 Å². The Labute approximate surface area is 72.6 Å². The van der Waals surface area contributed by atoms with E-state index in [1.807, 2.05) is 6.55 Å². The van der Waals surface area contributed by atoms with Crippen molar-refractivity contribution in [1.29, 1.82) is 0 Å². The molecule has 0 fully saturated rings. The molecule has 0 aromatic carbocycles. The molecule has 10 heavy (non-hydrogen) atoms. The first kappa shape index (κ1) is 8.63. The number of rotatable bonds is 1. The van der Waals surface area contributed by atoms with Crippen LogP contribution in [0.4, 0.5) is 0 Å². The second-order valence-corrected chi connectivity index (χ2v) is 11.0. The van der Waals surface area contributed by atoms with Gasteiger partial charge in [0.15, 0.2) is 0 Å². The molecule has 0 nitrogen and oxygen atoms in total. The fourth-order valence-electron chi connectivity index (χ4n) is 1.25. The molecule has 1 rings (SSSR count). The molecule has 0 N–H and O–H groups in total. The Morgan fingerprint density at radius 2 is 2.10 bits per heavy atom. The van der Waals surface area contributed by atoms with E-state index in [2.05, 4.69) is 12.2 Å². The van der Waals surface area contributed by atoms with Crippen molar-refractivity contribution in [2.24, 2.45) is 0 Å². The van der Waals surface area contributed by atoms with Gasteiger partial charge in [0.25, 0.3) is 6.69 Å². The summed E-state index contributed by atoms with van der Waals surface area (Å²) in [5.74, 6) is 0. The van der Waals surface area contributed by atoms with Crippen molar-refractivity contribution < 1.29 is 0 Å². The Morgan fingerprint density at radius 3 is 2.40 bits per heavy atom.